The fourth-order valence-corrected chi connectivity index (χ4v) is 1.49. The SMILES string of the molecule is O=C(NCC1(CO)CC1)c1cccnc1F. The summed E-state index contributed by atoms with van der Waals surface area (Å²) in [7, 11) is 0. The average molecular weight is 224 g/mol. The van der Waals surface area contributed by atoms with E-state index in [4.69, 9.17) is 5.11 Å². The highest BCUT2D eigenvalue weighted by Gasteiger charge is 2.42. The maximum atomic E-state index is 13.1. The molecule has 1 saturated carbocycles. The van der Waals surface area contributed by atoms with E-state index >= 15 is 0 Å². The van der Waals surface area contributed by atoms with Crippen LogP contribution in [0.2, 0.25) is 0 Å². The topological polar surface area (TPSA) is 62.2 Å². The van der Waals surface area contributed by atoms with Crippen LogP contribution >= 0.6 is 0 Å². The average Bonchev–Trinajstić information content (AvgIpc) is 3.07. The van der Waals surface area contributed by atoms with Crippen molar-refractivity contribution in [1.29, 1.82) is 0 Å². The van der Waals surface area contributed by atoms with Gasteiger partial charge in [0.05, 0.1) is 12.2 Å². The zero-order valence-corrected chi connectivity index (χ0v) is 8.74. The van der Waals surface area contributed by atoms with Crippen LogP contribution in [0, 0.1) is 11.4 Å². The Labute approximate surface area is 92.5 Å². The third-order valence-corrected chi connectivity index (χ3v) is 2.92. The van der Waals surface area contributed by atoms with Crippen molar-refractivity contribution >= 4 is 5.91 Å². The van der Waals surface area contributed by atoms with E-state index in [0.717, 1.165) is 12.8 Å². The van der Waals surface area contributed by atoms with Crippen molar-refractivity contribution in [2.45, 2.75) is 12.8 Å². The zero-order chi connectivity index (χ0) is 11.6. The fourth-order valence-electron chi connectivity index (χ4n) is 1.49. The molecule has 2 N–H and O–H groups in total. The van der Waals surface area contributed by atoms with Crippen molar-refractivity contribution in [1.82, 2.24) is 10.3 Å². The highest BCUT2D eigenvalue weighted by atomic mass is 19.1. The molecule has 0 radical (unpaired) electrons. The molecule has 0 aromatic carbocycles. The van der Waals surface area contributed by atoms with E-state index in [1.165, 1.54) is 18.3 Å². The second-order valence-electron chi connectivity index (χ2n) is 4.18. The first-order chi connectivity index (χ1) is 7.67. The number of aromatic nitrogens is 1. The number of pyridine rings is 1. The summed E-state index contributed by atoms with van der Waals surface area (Å²) in [6.45, 7) is 0.444. The van der Waals surface area contributed by atoms with Crippen LogP contribution in [-0.4, -0.2) is 29.1 Å². The Morgan fingerprint density at radius 1 is 1.62 bits per heavy atom. The van der Waals surface area contributed by atoms with E-state index in [0.29, 0.717) is 6.54 Å². The molecule has 4 nitrogen and oxygen atoms in total. The molecule has 2 rings (SSSR count). The van der Waals surface area contributed by atoms with Crippen LogP contribution in [-0.2, 0) is 0 Å². The molecule has 1 heterocycles. The molecule has 5 heteroatoms. The number of rotatable bonds is 4. The van der Waals surface area contributed by atoms with Crippen LogP contribution < -0.4 is 5.32 Å². The Balaban J connectivity index is 1.96. The number of amides is 1. The van der Waals surface area contributed by atoms with Gasteiger partial charge >= 0.3 is 0 Å². The number of nitrogens with zero attached hydrogens (tertiary/aromatic N) is 1. The Bertz CT molecular complexity index is 405. The second kappa shape index (κ2) is 4.17. The minimum Gasteiger partial charge on any atom is -0.396 e. The van der Waals surface area contributed by atoms with Gasteiger partial charge in [-0.05, 0) is 25.0 Å². The lowest BCUT2D eigenvalue weighted by Crippen LogP contribution is -2.32. The molecule has 0 saturated heterocycles. The molecular weight excluding hydrogens is 211 g/mol. The number of hydrogen-bond donors (Lipinski definition) is 2. The number of nitrogens with one attached hydrogen (secondary N) is 1. The van der Waals surface area contributed by atoms with Crippen molar-refractivity contribution < 1.29 is 14.3 Å². The predicted molar refractivity (Wildman–Crippen MR) is 55.3 cm³/mol. The minimum atomic E-state index is -0.770. The van der Waals surface area contributed by atoms with Gasteiger partial charge in [0.1, 0.15) is 0 Å². The normalized spacial score (nSPS) is 16.9. The van der Waals surface area contributed by atoms with Gasteiger partial charge < -0.3 is 10.4 Å². The lowest BCUT2D eigenvalue weighted by molar-refractivity contribution is 0.0930. The van der Waals surface area contributed by atoms with Crippen LogP contribution in [0.4, 0.5) is 4.39 Å². The molecule has 0 aliphatic heterocycles. The van der Waals surface area contributed by atoms with Gasteiger partial charge in [0, 0.05) is 18.2 Å². The van der Waals surface area contributed by atoms with Crippen LogP contribution in [0.1, 0.15) is 23.2 Å². The van der Waals surface area contributed by atoms with Crippen molar-refractivity contribution in [3.8, 4) is 0 Å². The molecule has 1 aromatic rings. The molecule has 0 bridgehead atoms. The predicted octanol–water partition coefficient (Wildman–Crippen LogP) is 0.723. The summed E-state index contributed by atoms with van der Waals surface area (Å²) in [5, 5.41) is 11.7. The van der Waals surface area contributed by atoms with E-state index in [2.05, 4.69) is 10.3 Å². The number of hydrogen-bond acceptors (Lipinski definition) is 3. The summed E-state index contributed by atoms with van der Waals surface area (Å²) in [4.78, 5) is 15.0. The third-order valence-electron chi connectivity index (χ3n) is 2.92. The molecule has 1 amide bonds. The van der Waals surface area contributed by atoms with Gasteiger partial charge in [-0.1, -0.05) is 0 Å². The lowest BCUT2D eigenvalue weighted by atomic mass is 10.1. The molecule has 1 aliphatic rings. The highest BCUT2D eigenvalue weighted by Crippen LogP contribution is 2.44. The van der Waals surface area contributed by atoms with Crippen LogP contribution in [0.25, 0.3) is 0 Å². The summed E-state index contributed by atoms with van der Waals surface area (Å²) in [6.07, 6.45) is 3.10. The Kier molecular flexibility index (Phi) is 2.87. The maximum absolute atomic E-state index is 13.1. The Hall–Kier alpha value is -1.49. The molecule has 1 aromatic heterocycles. The van der Waals surface area contributed by atoms with E-state index in [1.807, 2.05) is 0 Å². The summed E-state index contributed by atoms with van der Waals surface area (Å²) in [6, 6.07) is 2.90. The van der Waals surface area contributed by atoms with Crippen LogP contribution in [0.5, 0.6) is 0 Å². The number of halogens is 1. The van der Waals surface area contributed by atoms with Gasteiger partial charge in [0.2, 0.25) is 5.95 Å². The quantitative estimate of drug-likeness (QED) is 0.741. The smallest absolute Gasteiger partial charge is 0.255 e. The van der Waals surface area contributed by atoms with Crippen molar-refractivity contribution in [3.63, 3.8) is 0 Å². The first-order valence-electron chi connectivity index (χ1n) is 5.16. The molecule has 0 spiro atoms. The van der Waals surface area contributed by atoms with E-state index in [-0.39, 0.29) is 17.6 Å². The molecule has 0 unspecified atom stereocenters. The fraction of sp³-hybridized carbons (Fsp3) is 0.455. The summed E-state index contributed by atoms with van der Waals surface area (Å²) < 4.78 is 13.1. The van der Waals surface area contributed by atoms with Gasteiger partial charge in [0.15, 0.2) is 0 Å². The monoisotopic (exact) mass is 224 g/mol. The first-order valence-corrected chi connectivity index (χ1v) is 5.16. The molecule has 16 heavy (non-hydrogen) atoms. The van der Waals surface area contributed by atoms with Gasteiger partial charge in [-0.15, -0.1) is 0 Å². The number of aliphatic hydroxyl groups excluding tert-OH is 1. The van der Waals surface area contributed by atoms with Gasteiger partial charge in [0.25, 0.3) is 5.91 Å². The van der Waals surface area contributed by atoms with Gasteiger partial charge in [-0.2, -0.15) is 4.39 Å². The maximum Gasteiger partial charge on any atom is 0.255 e. The summed E-state index contributed by atoms with van der Waals surface area (Å²) >= 11 is 0. The van der Waals surface area contributed by atoms with Crippen molar-refractivity contribution in [3.05, 3.63) is 29.8 Å². The highest BCUT2D eigenvalue weighted by molar-refractivity contribution is 5.94. The van der Waals surface area contributed by atoms with E-state index in [1.54, 1.807) is 0 Å². The second-order valence-corrected chi connectivity index (χ2v) is 4.18. The van der Waals surface area contributed by atoms with Gasteiger partial charge in [-0.3, -0.25) is 4.79 Å². The largest absolute Gasteiger partial charge is 0.396 e. The summed E-state index contributed by atoms with van der Waals surface area (Å²) in [5.74, 6) is -1.25. The third kappa shape index (κ3) is 2.19. The van der Waals surface area contributed by atoms with E-state index < -0.39 is 11.9 Å². The van der Waals surface area contributed by atoms with Gasteiger partial charge in [-0.25, -0.2) is 4.98 Å². The number of carbonyl (C=O) groups excluding carboxylic acids is 1. The Morgan fingerprint density at radius 2 is 2.38 bits per heavy atom. The number of aliphatic hydroxyl groups is 1. The molecule has 0 atom stereocenters. The van der Waals surface area contributed by atoms with Crippen molar-refractivity contribution in [2.24, 2.45) is 5.41 Å². The van der Waals surface area contributed by atoms with Crippen LogP contribution in [0.3, 0.4) is 0 Å². The van der Waals surface area contributed by atoms with Crippen molar-refractivity contribution in [2.75, 3.05) is 13.2 Å². The summed E-state index contributed by atoms with van der Waals surface area (Å²) in [5.41, 5.74) is -0.231. The Morgan fingerprint density at radius 3 is 2.94 bits per heavy atom. The zero-order valence-electron chi connectivity index (χ0n) is 8.74. The van der Waals surface area contributed by atoms with Crippen LogP contribution in [0.15, 0.2) is 18.3 Å². The molecular formula is C11H13FN2O2. The standard InChI is InChI=1S/C11H13FN2O2/c12-9-8(2-1-5-13-9)10(16)14-6-11(7-15)3-4-11/h1-2,5,15H,3-4,6-7H2,(H,14,16). The number of carbonyl (C=O) groups is 1. The minimum absolute atomic E-state index is 0.0583. The van der Waals surface area contributed by atoms with E-state index in [9.17, 15) is 9.18 Å². The first kappa shape index (κ1) is 11.0. The lowest BCUT2D eigenvalue weighted by Gasteiger charge is -2.12. The molecule has 1 fully saturated rings. The molecule has 86 valence electrons. The molecule has 1 aliphatic carbocycles.